The molecule has 1 atom stereocenters. The molecule has 3 rings (SSSR count). The fraction of sp³-hybridized carbons (Fsp3) is 0.250. The molecule has 1 unspecified atom stereocenters. The summed E-state index contributed by atoms with van der Waals surface area (Å²) in [4.78, 5) is 31.4. The van der Waals surface area contributed by atoms with Crippen LogP contribution in [0, 0.1) is 0 Å². The average molecular weight is 533 g/mol. The standard InChI is InChI=1S/C20H17BrClF2N3O3S/c1-2-27-17(28)11-16(31-19(27)26-14-5-3-12(21)4-6-14)18(29)25-13-7-9-15(10-8-13)30-20(22,23)24/h3-10,16H,2,11H2,1H3,(H,25,29). The van der Waals surface area contributed by atoms with Crippen molar-refractivity contribution in [2.45, 2.75) is 24.2 Å². The topological polar surface area (TPSA) is 71.0 Å². The zero-order valence-electron chi connectivity index (χ0n) is 16.1. The van der Waals surface area contributed by atoms with Gasteiger partial charge in [-0.3, -0.25) is 14.5 Å². The first-order chi connectivity index (χ1) is 14.6. The van der Waals surface area contributed by atoms with Crippen molar-refractivity contribution in [3.8, 4) is 5.75 Å². The molecule has 0 bridgehead atoms. The van der Waals surface area contributed by atoms with Gasteiger partial charge < -0.3 is 10.1 Å². The van der Waals surface area contributed by atoms with Gasteiger partial charge in [0.05, 0.1) is 5.69 Å². The van der Waals surface area contributed by atoms with Gasteiger partial charge in [0.15, 0.2) is 5.17 Å². The number of nitrogens with zero attached hydrogens (tertiary/aromatic N) is 2. The number of amides is 2. The maximum absolute atomic E-state index is 12.7. The highest BCUT2D eigenvalue weighted by molar-refractivity contribution is 9.10. The van der Waals surface area contributed by atoms with Gasteiger partial charge in [0.2, 0.25) is 11.8 Å². The minimum Gasteiger partial charge on any atom is -0.420 e. The van der Waals surface area contributed by atoms with Gasteiger partial charge in [0.25, 0.3) is 0 Å². The highest BCUT2D eigenvalue weighted by Crippen LogP contribution is 2.31. The minimum atomic E-state index is -3.82. The number of carbonyl (C=O) groups excluding carboxylic acids is 2. The number of thioether (sulfide) groups is 1. The third-order valence-corrected chi connectivity index (χ3v) is 5.95. The van der Waals surface area contributed by atoms with Crippen molar-refractivity contribution in [2.24, 2.45) is 4.99 Å². The molecule has 1 heterocycles. The van der Waals surface area contributed by atoms with Gasteiger partial charge in [-0.1, -0.05) is 27.7 Å². The molecule has 0 radical (unpaired) electrons. The Morgan fingerprint density at radius 2 is 1.94 bits per heavy atom. The molecular formula is C20H17BrClF2N3O3S. The number of anilines is 1. The van der Waals surface area contributed by atoms with E-state index in [1.165, 1.54) is 40.9 Å². The molecule has 0 aromatic heterocycles. The van der Waals surface area contributed by atoms with Gasteiger partial charge >= 0.3 is 5.57 Å². The Bertz CT molecular complexity index is 985. The first-order valence-electron chi connectivity index (χ1n) is 9.12. The summed E-state index contributed by atoms with van der Waals surface area (Å²) in [6.07, 6.45) is 0.0172. The first-order valence-corrected chi connectivity index (χ1v) is 11.2. The number of halogens is 4. The Morgan fingerprint density at radius 1 is 1.29 bits per heavy atom. The van der Waals surface area contributed by atoms with Gasteiger partial charge in [-0.15, -0.1) is 8.78 Å². The third-order valence-electron chi connectivity index (χ3n) is 4.16. The van der Waals surface area contributed by atoms with Crippen molar-refractivity contribution < 1.29 is 23.1 Å². The molecule has 0 saturated carbocycles. The Kier molecular flexibility index (Phi) is 7.55. The number of aliphatic imine (C=N–C) groups is 1. The monoisotopic (exact) mass is 531 g/mol. The average Bonchev–Trinajstić information content (AvgIpc) is 2.70. The van der Waals surface area contributed by atoms with Crippen LogP contribution >= 0.6 is 39.3 Å². The summed E-state index contributed by atoms with van der Waals surface area (Å²) in [5.41, 5.74) is -2.79. The van der Waals surface area contributed by atoms with Crippen LogP contribution in [0.25, 0.3) is 0 Å². The Labute approximate surface area is 195 Å². The molecule has 2 amide bonds. The summed E-state index contributed by atoms with van der Waals surface area (Å²) in [6.45, 7) is 2.27. The lowest BCUT2D eigenvalue weighted by Gasteiger charge is -2.30. The molecule has 1 N–H and O–H groups in total. The van der Waals surface area contributed by atoms with E-state index in [9.17, 15) is 18.4 Å². The van der Waals surface area contributed by atoms with E-state index < -0.39 is 16.7 Å². The number of ether oxygens (including phenoxy) is 1. The quantitative estimate of drug-likeness (QED) is 0.492. The lowest BCUT2D eigenvalue weighted by molar-refractivity contribution is -0.129. The maximum atomic E-state index is 12.7. The lowest BCUT2D eigenvalue weighted by Crippen LogP contribution is -2.45. The molecule has 31 heavy (non-hydrogen) atoms. The smallest absolute Gasteiger partial charge is 0.420 e. The second-order valence-electron chi connectivity index (χ2n) is 6.38. The van der Waals surface area contributed by atoms with Gasteiger partial charge in [-0.05, 0) is 55.5 Å². The largest absolute Gasteiger partial charge is 0.487 e. The van der Waals surface area contributed by atoms with Crippen molar-refractivity contribution in [1.82, 2.24) is 4.90 Å². The second kappa shape index (κ2) is 9.97. The zero-order chi connectivity index (χ0) is 22.6. The van der Waals surface area contributed by atoms with Crippen molar-refractivity contribution in [1.29, 1.82) is 0 Å². The number of nitrogens with one attached hydrogen (secondary N) is 1. The van der Waals surface area contributed by atoms with Crippen molar-refractivity contribution in [2.75, 3.05) is 11.9 Å². The predicted molar refractivity (Wildman–Crippen MR) is 121 cm³/mol. The van der Waals surface area contributed by atoms with Crippen LogP contribution in [0.15, 0.2) is 58.0 Å². The fourth-order valence-electron chi connectivity index (χ4n) is 2.74. The minimum absolute atomic E-state index is 0.0172. The Hall–Kier alpha value is -2.17. The van der Waals surface area contributed by atoms with Crippen LogP contribution in [-0.4, -0.2) is 39.2 Å². The molecule has 1 aliphatic heterocycles. The van der Waals surface area contributed by atoms with E-state index in [2.05, 4.69) is 31.0 Å². The maximum Gasteiger partial charge on any atom is 0.487 e. The summed E-state index contributed by atoms with van der Waals surface area (Å²) >= 11 is 9.29. The van der Waals surface area contributed by atoms with E-state index in [0.29, 0.717) is 23.1 Å². The van der Waals surface area contributed by atoms with Crippen LogP contribution in [-0.2, 0) is 9.59 Å². The van der Waals surface area contributed by atoms with Crippen molar-refractivity contribution in [3.05, 3.63) is 53.0 Å². The molecule has 11 heteroatoms. The molecule has 2 aromatic rings. The first kappa shape index (κ1) is 23.5. The summed E-state index contributed by atoms with van der Waals surface area (Å²) in [5, 5.41) is 2.43. The molecule has 164 valence electrons. The van der Waals surface area contributed by atoms with E-state index >= 15 is 0 Å². The summed E-state index contributed by atoms with van der Waals surface area (Å²) < 4.78 is 30.5. The van der Waals surface area contributed by atoms with Crippen LogP contribution in [0.1, 0.15) is 13.3 Å². The molecule has 1 saturated heterocycles. The number of carbonyl (C=O) groups is 2. The van der Waals surface area contributed by atoms with Crippen LogP contribution in [0.2, 0.25) is 0 Å². The molecule has 0 aliphatic carbocycles. The Balaban J connectivity index is 1.72. The van der Waals surface area contributed by atoms with Gasteiger partial charge in [-0.25, -0.2) is 4.99 Å². The van der Waals surface area contributed by atoms with Gasteiger partial charge in [0, 0.05) is 34.7 Å². The van der Waals surface area contributed by atoms with Crippen LogP contribution in [0.3, 0.4) is 0 Å². The van der Waals surface area contributed by atoms with E-state index in [1.807, 2.05) is 19.1 Å². The van der Waals surface area contributed by atoms with Crippen molar-refractivity contribution in [3.63, 3.8) is 0 Å². The second-order valence-corrected chi connectivity index (χ2v) is 8.91. The number of amidine groups is 1. The molecule has 1 fully saturated rings. The van der Waals surface area contributed by atoms with Crippen LogP contribution < -0.4 is 10.1 Å². The molecule has 6 nitrogen and oxygen atoms in total. The summed E-state index contributed by atoms with van der Waals surface area (Å²) in [7, 11) is 0. The number of hydrogen-bond donors (Lipinski definition) is 1. The van der Waals surface area contributed by atoms with E-state index in [1.54, 1.807) is 12.1 Å². The fourth-order valence-corrected chi connectivity index (χ4v) is 4.26. The number of hydrogen-bond acceptors (Lipinski definition) is 5. The summed E-state index contributed by atoms with van der Waals surface area (Å²) in [5.74, 6) is -0.748. The van der Waals surface area contributed by atoms with Crippen LogP contribution in [0.5, 0.6) is 5.75 Å². The SMILES string of the molecule is CCN1C(=O)CC(C(=O)Nc2ccc(OC(F)(F)Cl)cc2)SC1=Nc1ccc(Br)cc1. The number of alkyl halides is 3. The van der Waals surface area contributed by atoms with Crippen LogP contribution in [0.4, 0.5) is 20.2 Å². The van der Waals surface area contributed by atoms with E-state index in [-0.39, 0.29) is 18.1 Å². The van der Waals surface area contributed by atoms with Gasteiger partial charge in [0.1, 0.15) is 11.0 Å². The van der Waals surface area contributed by atoms with Gasteiger partial charge in [-0.2, -0.15) is 0 Å². The number of benzene rings is 2. The lowest BCUT2D eigenvalue weighted by atomic mass is 10.2. The van der Waals surface area contributed by atoms with Crippen molar-refractivity contribution >= 4 is 67.6 Å². The highest BCUT2D eigenvalue weighted by Gasteiger charge is 2.35. The molecule has 0 spiro atoms. The molecule has 2 aromatic carbocycles. The predicted octanol–water partition coefficient (Wildman–Crippen LogP) is 5.60. The zero-order valence-corrected chi connectivity index (χ0v) is 19.3. The Morgan fingerprint density at radius 3 is 2.52 bits per heavy atom. The summed E-state index contributed by atoms with van der Waals surface area (Å²) in [6, 6.07) is 12.6. The highest BCUT2D eigenvalue weighted by atomic mass is 79.9. The normalized spacial score (nSPS) is 18.2. The number of rotatable bonds is 6. The van der Waals surface area contributed by atoms with E-state index in [0.717, 1.165) is 4.47 Å². The molecular weight excluding hydrogens is 516 g/mol. The third kappa shape index (κ3) is 6.65. The molecule has 1 aliphatic rings. The van der Waals surface area contributed by atoms with E-state index in [4.69, 9.17) is 11.6 Å².